The molecule has 0 aliphatic heterocycles. The number of allylic oxidation sites excluding steroid dienone is 1. The van der Waals surface area contributed by atoms with Crippen LogP contribution in [0.5, 0.6) is 0 Å². The number of nitrogens with zero attached hydrogens (tertiary/aromatic N) is 3. The van der Waals surface area contributed by atoms with Crippen molar-refractivity contribution in [2.24, 2.45) is 0 Å². The fraction of sp³-hybridized carbons (Fsp3) is 0.412. The minimum Gasteiger partial charge on any atom is -0.360 e. The molecule has 24 heavy (non-hydrogen) atoms. The van der Waals surface area contributed by atoms with Crippen LogP contribution in [0.1, 0.15) is 48.2 Å². The maximum absolute atomic E-state index is 12.1. The van der Waals surface area contributed by atoms with Gasteiger partial charge in [0.2, 0.25) is 5.95 Å². The summed E-state index contributed by atoms with van der Waals surface area (Å²) in [6.45, 7) is 2.56. The SMILES string of the molecule is Cc1cc(NC(=O)c2cnc(NCCC3=CCCCC3)nc2)no1. The number of nitrogens with one attached hydrogen (secondary N) is 2. The first kappa shape index (κ1) is 16.2. The van der Waals surface area contributed by atoms with Crippen molar-refractivity contribution in [3.05, 3.63) is 41.4 Å². The van der Waals surface area contributed by atoms with Gasteiger partial charge in [-0.05, 0) is 39.0 Å². The van der Waals surface area contributed by atoms with Crippen LogP contribution in [0.3, 0.4) is 0 Å². The Balaban J connectivity index is 1.49. The maximum atomic E-state index is 12.1. The molecule has 7 heteroatoms. The van der Waals surface area contributed by atoms with E-state index < -0.39 is 0 Å². The number of carbonyl (C=O) groups is 1. The van der Waals surface area contributed by atoms with Crippen LogP contribution in [0.2, 0.25) is 0 Å². The molecular formula is C17H21N5O2. The van der Waals surface area contributed by atoms with Crippen molar-refractivity contribution >= 4 is 17.7 Å². The summed E-state index contributed by atoms with van der Waals surface area (Å²) in [5.41, 5.74) is 1.88. The van der Waals surface area contributed by atoms with Crippen LogP contribution >= 0.6 is 0 Å². The van der Waals surface area contributed by atoms with Crippen molar-refractivity contribution in [3.63, 3.8) is 0 Å². The summed E-state index contributed by atoms with van der Waals surface area (Å²) in [4.78, 5) is 20.4. The van der Waals surface area contributed by atoms with Gasteiger partial charge in [-0.1, -0.05) is 16.8 Å². The smallest absolute Gasteiger partial charge is 0.260 e. The Morgan fingerprint density at radius 1 is 1.29 bits per heavy atom. The van der Waals surface area contributed by atoms with Gasteiger partial charge in [0.1, 0.15) is 5.76 Å². The molecule has 0 unspecified atom stereocenters. The van der Waals surface area contributed by atoms with Gasteiger partial charge in [-0.3, -0.25) is 4.79 Å². The fourth-order valence-corrected chi connectivity index (χ4v) is 2.62. The molecule has 0 atom stereocenters. The molecule has 0 saturated carbocycles. The third-order valence-corrected chi connectivity index (χ3v) is 3.90. The summed E-state index contributed by atoms with van der Waals surface area (Å²) in [6, 6.07) is 1.65. The zero-order valence-corrected chi connectivity index (χ0v) is 13.7. The molecule has 2 N–H and O–H groups in total. The largest absolute Gasteiger partial charge is 0.360 e. The number of amides is 1. The number of aromatic nitrogens is 3. The standard InChI is InChI=1S/C17H21N5O2/c1-12-9-15(22-24-12)21-16(23)14-10-19-17(20-11-14)18-8-7-13-5-3-2-4-6-13/h5,9-11H,2-4,6-8H2,1H3,(H,18,19,20)(H,21,22,23). The van der Waals surface area contributed by atoms with E-state index in [1.807, 2.05) is 0 Å². The van der Waals surface area contributed by atoms with Crippen molar-refractivity contribution in [1.29, 1.82) is 0 Å². The van der Waals surface area contributed by atoms with Crippen LogP contribution in [-0.2, 0) is 0 Å². The summed E-state index contributed by atoms with van der Waals surface area (Å²) in [7, 11) is 0. The van der Waals surface area contributed by atoms with E-state index >= 15 is 0 Å². The van der Waals surface area contributed by atoms with E-state index in [1.54, 1.807) is 13.0 Å². The first-order valence-corrected chi connectivity index (χ1v) is 8.19. The Morgan fingerprint density at radius 2 is 2.12 bits per heavy atom. The molecule has 7 nitrogen and oxygen atoms in total. The van der Waals surface area contributed by atoms with Crippen LogP contribution in [0, 0.1) is 6.92 Å². The molecule has 0 radical (unpaired) electrons. The van der Waals surface area contributed by atoms with E-state index in [2.05, 4.69) is 31.8 Å². The average Bonchev–Trinajstić information content (AvgIpc) is 3.01. The van der Waals surface area contributed by atoms with Gasteiger partial charge in [-0.25, -0.2) is 9.97 Å². The number of aryl methyl sites for hydroxylation is 1. The van der Waals surface area contributed by atoms with Crippen molar-refractivity contribution in [2.45, 2.75) is 39.0 Å². The Kier molecular flexibility index (Phi) is 5.20. The number of rotatable bonds is 6. The van der Waals surface area contributed by atoms with Crippen LogP contribution in [0.25, 0.3) is 0 Å². The quantitative estimate of drug-likeness (QED) is 0.791. The lowest BCUT2D eigenvalue weighted by atomic mass is 9.97. The van der Waals surface area contributed by atoms with Gasteiger partial charge in [0, 0.05) is 25.0 Å². The topological polar surface area (TPSA) is 92.9 Å². The highest BCUT2D eigenvalue weighted by Gasteiger charge is 2.10. The molecule has 0 bridgehead atoms. The summed E-state index contributed by atoms with van der Waals surface area (Å²) < 4.78 is 4.90. The fourth-order valence-electron chi connectivity index (χ4n) is 2.62. The minimum absolute atomic E-state index is 0.317. The number of carbonyl (C=O) groups excluding carboxylic acids is 1. The second-order valence-corrected chi connectivity index (χ2v) is 5.86. The van der Waals surface area contributed by atoms with Crippen LogP contribution in [-0.4, -0.2) is 27.6 Å². The van der Waals surface area contributed by atoms with E-state index in [-0.39, 0.29) is 5.91 Å². The van der Waals surface area contributed by atoms with Gasteiger partial charge in [-0.2, -0.15) is 0 Å². The number of anilines is 2. The summed E-state index contributed by atoms with van der Waals surface area (Å²) in [5, 5.41) is 9.54. The highest BCUT2D eigenvalue weighted by atomic mass is 16.5. The molecule has 3 rings (SSSR count). The second kappa shape index (κ2) is 7.72. The molecule has 126 valence electrons. The van der Waals surface area contributed by atoms with Gasteiger partial charge < -0.3 is 15.2 Å². The van der Waals surface area contributed by atoms with E-state index in [0.29, 0.717) is 23.1 Å². The minimum atomic E-state index is -0.317. The molecule has 2 aromatic heterocycles. The van der Waals surface area contributed by atoms with E-state index in [4.69, 9.17) is 4.52 Å². The summed E-state index contributed by atoms with van der Waals surface area (Å²) in [6.07, 6.45) is 11.3. The van der Waals surface area contributed by atoms with Crippen molar-refractivity contribution in [3.8, 4) is 0 Å². The predicted molar refractivity (Wildman–Crippen MR) is 90.9 cm³/mol. The molecular weight excluding hydrogens is 306 g/mol. The maximum Gasteiger partial charge on any atom is 0.260 e. The molecule has 0 aromatic carbocycles. The molecule has 1 amide bonds. The monoisotopic (exact) mass is 327 g/mol. The molecule has 2 heterocycles. The third-order valence-electron chi connectivity index (χ3n) is 3.90. The lowest BCUT2D eigenvalue weighted by molar-refractivity contribution is 0.102. The average molecular weight is 327 g/mol. The van der Waals surface area contributed by atoms with Gasteiger partial charge in [-0.15, -0.1) is 0 Å². The Bertz CT molecular complexity index is 721. The zero-order valence-electron chi connectivity index (χ0n) is 13.7. The summed E-state index contributed by atoms with van der Waals surface area (Å²) in [5.74, 6) is 1.22. The molecule has 1 aliphatic carbocycles. The van der Waals surface area contributed by atoms with E-state index in [9.17, 15) is 4.79 Å². The van der Waals surface area contributed by atoms with Gasteiger partial charge >= 0.3 is 0 Å². The van der Waals surface area contributed by atoms with Crippen molar-refractivity contribution in [2.75, 3.05) is 17.2 Å². The van der Waals surface area contributed by atoms with Gasteiger partial charge in [0.05, 0.1) is 5.56 Å². The van der Waals surface area contributed by atoms with Crippen LogP contribution < -0.4 is 10.6 Å². The molecule has 0 fully saturated rings. The molecule has 0 spiro atoms. The van der Waals surface area contributed by atoms with Crippen LogP contribution in [0.4, 0.5) is 11.8 Å². The second-order valence-electron chi connectivity index (χ2n) is 5.86. The summed E-state index contributed by atoms with van der Waals surface area (Å²) >= 11 is 0. The highest BCUT2D eigenvalue weighted by molar-refractivity contribution is 6.03. The lowest BCUT2D eigenvalue weighted by Crippen LogP contribution is -2.14. The first-order chi connectivity index (χ1) is 11.7. The zero-order chi connectivity index (χ0) is 16.8. The molecule has 1 aliphatic rings. The van der Waals surface area contributed by atoms with Crippen molar-refractivity contribution in [1.82, 2.24) is 15.1 Å². The Labute approximate surface area is 140 Å². The highest BCUT2D eigenvalue weighted by Crippen LogP contribution is 2.19. The van der Waals surface area contributed by atoms with Crippen molar-refractivity contribution < 1.29 is 9.32 Å². The van der Waals surface area contributed by atoms with Gasteiger partial charge in [0.25, 0.3) is 5.91 Å². The van der Waals surface area contributed by atoms with Gasteiger partial charge in [0.15, 0.2) is 5.82 Å². The predicted octanol–water partition coefficient (Wildman–Crippen LogP) is 3.33. The third kappa shape index (κ3) is 4.41. The lowest BCUT2D eigenvalue weighted by Gasteiger charge is -2.12. The first-order valence-electron chi connectivity index (χ1n) is 8.19. The van der Waals surface area contributed by atoms with E-state index in [1.165, 1.54) is 43.7 Å². The Morgan fingerprint density at radius 3 is 2.79 bits per heavy atom. The number of hydrogen-bond acceptors (Lipinski definition) is 6. The van der Waals surface area contributed by atoms with E-state index in [0.717, 1.165) is 13.0 Å². The van der Waals surface area contributed by atoms with Crippen LogP contribution in [0.15, 0.2) is 34.6 Å². The normalized spacial score (nSPS) is 14.1. The Hall–Kier alpha value is -2.70. The molecule has 2 aromatic rings. The number of hydrogen-bond donors (Lipinski definition) is 2. The molecule has 0 saturated heterocycles.